The van der Waals surface area contributed by atoms with Crippen LogP contribution in [0.1, 0.15) is 38.8 Å². The number of nitrogens with zero attached hydrogens (tertiary/aromatic N) is 2. The molecule has 0 radical (unpaired) electrons. The molecule has 0 spiro atoms. The number of ether oxygens (including phenoxy) is 1. The third kappa shape index (κ3) is 5.34. The molecule has 1 heterocycles. The number of amides is 1. The van der Waals surface area contributed by atoms with Crippen LogP contribution < -0.4 is 4.72 Å². The number of hydrogen-bond acceptors (Lipinski definition) is 6. The fourth-order valence-electron chi connectivity index (χ4n) is 3.27. The predicted octanol–water partition coefficient (Wildman–Crippen LogP) is 2.48. The monoisotopic (exact) mass is 457 g/mol. The lowest BCUT2D eigenvalue weighted by molar-refractivity contribution is -0.155. The van der Waals surface area contributed by atoms with Gasteiger partial charge in [-0.3, -0.25) is 14.5 Å². The summed E-state index contributed by atoms with van der Waals surface area (Å²) in [5.41, 5.74) is 0.885. The van der Waals surface area contributed by atoms with Crippen LogP contribution in [0.25, 0.3) is 0 Å². The Bertz CT molecular complexity index is 1140. The number of amidine groups is 1. The molecule has 0 fully saturated rings. The number of carbonyl (C=O) groups is 2. The van der Waals surface area contributed by atoms with Crippen LogP contribution in [0.15, 0.2) is 64.5 Å². The number of fused-ring (bicyclic) bond motifs is 1. The quantitative estimate of drug-likeness (QED) is 0.671. The number of esters is 1. The van der Waals surface area contributed by atoms with Gasteiger partial charge in [-0.1, -0.05) is 42.5 Å². The highest BCUT2D eigenvalue weighted by Crippen LogP contribution is 2.23. The van der Waals surface area contributed by atoms with E-state index >= 15 is 0 Å². The molecule has 0 saturated carbocycles. The van der Waals surface area contributed by atoms with E-state index in [1.54, 1.807) is 23.1 Å². The smallest absolute Gasteiger partial charge is 0.331 e. The summed E-state index contributed by atoms with van der Waals surface area (Å²) < 4.78 is 31.9. The number of rotatable bonds is 6. The van der Waals surface area contributed by atoms with Crippen LogP contribution in [0, 0.1) is 0 Å². The van der Waals surface area contributed by atoms with E-state index in [1.165, 1.54) is 13.0 Å². The van der Waals surface area contributed by atoms with E-state index in [0.717, 1.165) is 5.56 Å². The first-order valence-corrected chi connectivity index (χ1v) is 11.7. The van der Waals surface area contributed by atoms with Crippen molar-refractivity contribution in [3.8, 4) is 0 Å². The molecule has 8 nitrogen and oxygen atoms in total. The van der Waals surface area contributed by atoms with Crippen molar-refractivity contribution in [2.75, 3.05) is 6.61 Å². The number of benzene rings is 2. The maximum Gasteiger partial charge on any atom is 0.331 e. The lowest BCUT2D eigenvalue weighted by Crippen LogP contribution is -2.47. The Balaban J connectivity index is 1.66. The summed E-state index contributed by atoms with van der Waals surface area (Å²) in [4.78, 5) is 31.2. The van der Waals surface area contributed by atoms with E-state index in [9.17, 15) is 18.0 Å². The average Bonchev–Trinajstić information content (AvgIpc) is 3.00. The standard InChI is InChI=1S/C23H27N3O5S/c1-16(24-21-18-12-8-9-13-19(18)32(29,30)25-21)22(28)31-15-20(27)26(23(2,3)4)14-17-10-6-5-7-11-17/h5-13,16H,14-15H2,1-4H3,(H,24,25). The lowest BCUT2D eigenvalue weighted by Gasteiger charge is -2.35. The van der Waals surface area contributed by atoms with Crippen molar-refractivity contribution in [2.24, 2.45) is 4.99 Å². The third-order valence-corrected chi connectivity index (χ3v) is 6.36. The van der Waals surface area contributed by atoms with E-state index in [4.69, 9.17) is 4.74 Å². The lowest BCUT2D eigenvalue weighted by atomic mass is 10.0. The second kappa shape index (κ2) is 9.12. The zero-order valence-electron chi connectivity index (χ0n) is 18.5. The maximum absolute atomic E-state index is 12.8. The minimum absolute atomic E-state index is 0.0803. The first kappa shape index (κ1) is 23.5. The summed E-state index contributed by atoms with van der Waals surface area (Å²) in [6.45, 7) is 7.17. The highest BCUT2D eigenvalue weighted by Gasteiger charge is 2.32. The molecule has 1 amide bonds. The van der Waals surface area contributed by atoms with Gasteiger partial charge in [0, 0.05) is 17.6 Å². The predicted molar refractivity (Wildman–Crippen MR) is 120 cm³/mol. The molecule has 0 saturated heterocycles. The van der Waals surface area contributed by atoms with E-state index in [2.05, 4.69) is 9.71 Å². The van der Waals surface area contributed by atoms with Crippen molar-refractivity contribution in [3.05, 3.63) is 65.7 Å². The van der Waals surface area contributed by atoms with Crippen molar-refractivity contribution in [1.82, 2.24) is 9.62 Å². The molecule has 32 heavy (non-hydrogen) atoms. The van der Waals surface area contributed by atoms with Gasteiger partial charge < -0.3 is 9.64 Å². The van der Waals surface area contributed by atoms with Gasteiger partial charge in [-0.25, -0.2) is 13.2 Å². The largest absolute Gasteiger partial charge is 0.454 e. The highest BCUT2D eigenvalue weighted by molar-refractivity contribution is 7.90. The first-order valence-electron chi connectivity index (χ1n) is 10.2. The van der Waals surface area contributed by atoms with Gasteiger partial charge in [0.1, 0.15) is 11.9 Å². The molecule has 0 aliphatic carbocycles. The summed E-state index contributed by atoms with van der Waals surface area (Å²) in [5, 5.41) is 0. The summed E-state index contributed by atoms with van der Waals surface area (Å²) in [6.07, 6.45) is 0. The number of sulfonamides is 1. The second-order valence-corrected chi connectivity index (χ2v) is 10.2. The molecular formula is C23H27N3O5S. The Labute approximate surface area is 188 Å². The summed E-state index contributed by atoms with van der Waals surface area (Å²) >= 11 is 0. The molecule has 2 aromatic carbocycles. The van der Waals surface area contributed by atoms with Gasteiger partial charge in [-0.15, -0.1) is 0 Å². The number of nitrogens with one attached hydrogen (secondary N) is 1. The molecule has 170 valence electrons. The van der Waals surface area contributed by atoms with Crippen LogP contribution in [0.2, 0.25) is 0 Å². The van der Waals surface area contributed by atoms with Crippen LogP contribution >= 0.6 is 0 Å². The normalized spacial score (nSPS) is 16.7. The van der Waals surface area contributed by atoms with Gasteiger partial charge in [0.15, 0.2) is 6.61 Å². The molecule has 0 bridgehead atoms. The SMILES string of the molecule is CC(N=C1NS(=O)(=O)c2ccccc21)C(=O)OCC(=O)N(Cc1ccccc1)C(C)(C)C. The third-order valence-electron chi connectivity index (χ3n) is 4.96. The van der Waals surface area contributed by atoms with E-state index < -0.39 is 34.2 Å². The molecule has 1 N–H and O–H groups in total. The number of aliphatic imine (C=N–C) groups is 1. The molecule has 1 aliphatic rings. The van der Waals surface area contributed by atoms with Gasteiger partial charge in [-0.05, 0) is 45.4 Å². The van der Waals surface area contributed by atoms with Gasteiger partial charge >= 0.3 is 5.97 Å². The Kier molecular flexibility index (Phi) is 6.68. The molecule has 1 atom stereocenters. The van der Waals surface area contributed by atoms with Gasteiger partial charge in [0.25, 0.3) is 15.9 Å². The van der Waals surface area contributed by atoms with Gasteiger partial charge in [0.05, 0.1) is 4.90 Å². The number of hydrogen-bond donors (Lipinski definition) is 1. The molecule has 9 heteroatoms. The first-order chi connectivity index (χ1) is 15.0. The minimum atomic E-state index is -3.70. The van der Waals surface area contributed by atoms with Crippen LogP contribution in [0.5, 0.6) is 0 Å². The van der Waals surface area contributed by atoms with Crippen molar-refractivity contribution in [2.45, 2.75) is 50.7 Å². The van der Waals surface area contributed by atoms with Gasteiger partial charge in [-0.2, -0.15) is 0 Å². The maximum atomic E-state index is 12.8. The van der Waals surface area contributed by atoms with Crippen LogP contribution in [0.3, 0.4) is 0 Å². The summed E-state index contributed by atoms with van der Waals surface area (Å²) in [6, 6.07) is 14.9. The molecule has 2 aromatic rings. The van der Waals surface area contributed by atoms with E-state index in [0.29, 0.717) is 12.1 Å². The Morgan fingerprint density at radius 3 is 2.34 bits per heavy atom. The van der Waals surface area contributed by atoms with E-state index in [-0.39, 0.29) is 16.6 Å². The Hall–Kier alpha value is -3.20. The van der Waals surface area contributed by atoms with Crippen LogP contribution in [-0.2, 0) is 30.9 Å². The fourth-order valence-corrected chi connectivity index (χ4v) is 4.51. The average molecular weight is 458 g/mol. The summed E-state index contributed by atoms with van der Waals surface area (Å²) in [5.74, 6) is -0.971. The number of carbonyl (C=O) groups excluding carboxylic acids is 2. The minimum Gasteiger partial charge on any atom is -0.454 e. The molecule has 0 aromatic heterocycles. The molecular weight excluding hydrogens is 430 g/mol. The molecule has 3 rings (SSSR count). The van der Waals surface area contributed by atoms with Crippen molar-refractivity contribution in [3.63, 3.8) is 0 Å². The van der Waals surface area contributed by atoms with Gasteiger partial charge in [0.2, 0.25) is 0 Å². The molecule has 1 unspecified atom stereocenters. The Morgan fingerprint density at radius 1 is 1.06 bits per heavy atom. The topological polar surface area (TPSA) is 105 Å². The van der Waals surface area contributed by atoms with E-state index in [1.807, 2.05) is 51.1 Å². The molecule has 1 aliphatic heterocycles. The fraction of sp³-hybridized carbons (Fsp3) is 0.348. The Morgan fingerprint density at radius 2 is 1.69 bits per heavy atom. The van der Waals surface area contributed by atoms with Crippen molar-refractivity contribution in [1.29, 1.82) is 0 Å². The second-order valence-electron chi connectivity index (χ2n) is 8.50. The van der Waals surface area contributed by atoms with Crippen LogP contribution in [-0.4, -0.2) is 49.2 Å². The van der Waals surface area contributed by atoms with Crippen molar-refractivity contribution >= 4 is 27.7 Å². The summed E-state index contributed by atoms with van der Waals surface area (Å²) in [7, 11) is -3.70. The van der Waals surface area contributed by atoms with Crippen molar-refractivity contribution < 1.29 is 22.7 Å². The van der Waals surface area contributed by atoms with Crippen LogP contribution in [0.4, 0.5) is 0 Å². The zero-order valence-corrected chi connectivity index (χ0v) is 19.3. The highest BCUT2D eigenvalue weighted by atomic mass is 32.2. The zero-order chi connectivity index (χ0) is 23.5.